The van der Waals surface area contributed by atoms with Crippen molar-refractivity contribution in [1.82, 2.24) is 9.80 Å². The van der Waals surface area contributed by atoms with Gasteiger partial charge in [0.2, 0.25) is 0 Å². The molecule has 0 saturated carbocycles. The molecule has 128 valence electrons. The van der Waals surface area contributed by atoms with E-state index in [0.29, 0.717) is 25.3 Å². The van der Waals surface area contributed by atoms with Crippen molar-refractivity contribution in [2.75, 3.05) is 27.2 Å². The van der Waals surface area contributed by atoms with Crippen LogP contribution >= 0.6 is 0 Å². The molecule has 5 heteroatoms. The fraction of sp³-hybridized carbons (Fsp3) is 0.421. The van der Waals surface area contributed by atoms with Crippen LogP contribution in [-0.4, -0.2) is 48.0 Å². The van der Waals surface area contributed by atoms with E-state index in [-0.39, 0.29) is 5.91 Å². The highest BCUT2D eigenvalue weighted by Crippen LogP contribution is 2.34. The number of carbonyl (C=O) groups excluding carboxylic acids is 1. The number of amides is 1. The van der Waals surface area contributed by atoms with Gasteiger partial charge in [0.15, 0.2) is 5.76 Å². The van der Waals surface area contributed by atoms with Gasteiger partial charge < -0.3 is 14.4 Å². The van der Waals surface area contributed by atoms with Gasteiger partial charge in [0.1, 0.15) is 11.4 Å². The largest absolute Gasteiger partial charge is 0.455 e. The summed E-state index contributed by atoms with van der Waals surface area (Å²) >= 11 is 0. The first-order valence-corrected chi connectivity index (χ1v) is 8.20. The van der Waals surface area contributed by atoms with Crippen molar-refractivity contribution >= 4 is 5.91 Å². The second kappa shape index (κ2) is 6.42. The van der Waals surface area contributed by atoms with Crippen molar-refractivity contribution in [3.05, 3.63) is 59.0 Å². The van der Waals surface area contributed by atoms with E-state index in [4.69, 9.17) is 4.42 Å². The number of hydrogen-bond donors (Lipinski definition) is 1. The van der Waals surface area contributed by atoms with E-state index in [1.54, 1.807) is 20.2 Å². The van der Waals surface area contributed by atoms with E-state index >= 15 is 0 Å². The molecule has 0 unspecified atom stereocenters. The predicted molar refractivity (Wildman–Crippen MR) is 91.7 cm³/mol. The molecule has 1 fully saturated rings. The molecule has 1 aliphatic heterocycles. The van der Waals surface area contributed by atoms with Gasteiger partial charge in [-0.15, -0.1) is 0 Å². The zero-order chi connectivity index (χ0) is 17.3. The predicted octanol–water partition coefficient (Wildman–Crippen LogP) is 2.38. The number of furan rings is 1. The number of β-amino-alcohol motifs (C(OH)–C–C–N with tert-alkyl or cyclic N) is 1. The summed E-state index contributed by atoms with van der Waals surface area (Å²) in [5, 5.41) is 11.0. The van der Waals surface area contributed by atoms with Gasteiger partial charge in [-0.05, 0) is 36.6 Å². The third kappa shape index (κ3) is 3.23. The maximum Gasteiger partial charge on any atom is 0.289 e. The first-order valence-electron chi connectivity index (χ1n) is 8.20. The van der Waals surface area contributed by atoms with Crippen LogP contribution in [0.25, 0.3) is 0 Å². The maximum absolute atomic E-state index is 11.9. The molecule has 2 aromatic rings. The Morgan fingerprint density at radius 2 is 2.04 bits per heavy atom. The van der Waals surface area contributed by atoms with Crippen LogP contribution < -0.4 is 0 Å². The summed E-state index contributed by atoms with van der Waals surface area (Å²) in [5.41, 5.74) is 1.29. The van der Waals surface area contributed by atoms with Crippen LogP contribution in [0.3, 0.4) is 0 Å². The lowest BCUT2D eigenvalue weighted by Gasteiger charge is -2.25. The summed E-state index contributed by atoms with van der Waals surface area (Å²) in [7, 11) is 3.40. The fourth-order valence-electron chi connectivity index (χ4n) is 3.34. The molecule has 3 rings (SSSR count). The van der Waals surface area contributed by atoms with E-state index in [1.165, 1.54) is 4.90 Å². The molecule has 1 aromatic heterocycles. The molecule has 1 aromatic carbocycles. The van der Waals surface area contributed by atoms with Gasteiger partial charge in [-0.1, -0.05) is 24.3 Å². The zero-order valence-corrected chi connectivity index (χ0v) is 14.5. The van der Waals surface area contributed by atoms with Gasteiger partial charge in [0, 0.05) is 27.2 Å². The van der Waals surface area contributed by atoms with Crippen molar-refractivity contribution in [2.24, 2.45) is 0 Å². The van der Waals surface area contributed by atoms with Crippen molar-refractivity contribution in [2.45, 2.75) is 25.5 Å². The highest BCUT2D eigenvalue weighted by Gasteiger charge is 2.38. The average Bonchev–Trinajstić information content (AvgIpc) is 3.15. The quantitative estimate of drug-likeness (QED) is 0.936. The Labute approximate surface area is 142 Å². The number of nitrogens with zero attached hydrogens (tertiary/aromatic N) is 2. The molecule has 0 radical (unpaired) electrons. The summed E-state index contributed by atoms with van der Waals surface area (Å²) in [5.74, 6) is 0.955. The third-order valence-corrected chi connectivity index (χ3v) is 4.63. The lowest BCUT2D eigenvalue weighted by Crippen LogP contribution is -2.31. The van der Waals surface area contributed by atoms with Gasteiger partial charge >= 0.3 is 0 Å². The van der Waals surface area contributed by atoms with Gasteiger partial charge in [0.25, 0.3) is 5.91 Å². The van der Waals surface area contributed by atoms with Crippen molar-refractivity contribution in [3.8, 4) is 0 Å². The summed E-state index contributed by atoms with van der Waals surface area (Å²) in [6.07, 6.45) is 0.696. The molecule has 1 atom stereocenters. The average molecular weight is 328 g/mol. The van der Waals surface area contributed by atoms with E-state index < -0.39 is 5.60 Å². The number of aryl methyl sites for hydroxylation is 1. The van der Waals surface area contributed by atoms with Gasteiger partial charge in [-0.25, -0.2) is 0 Å². The Balaban J connectivity index is 1.69. The van der Waals surface area contributed by atoms with E-state index in [9.17, 15) is 9.90 Å². The second-order valence-electron chi connectivity index (χ2n) is 6.77. The van der Waals surface area contributed by atoms with Crippen LogP contribution in [0.2, 0.25) is 0 Å². The van der Waals surface area contributed by atoms with Crippen LogP contribution in [0, 0.1) is 6.92 Å². The van der Waals surface area contributed by atoms with Gasteiger partial charge in [-0.2, -0.15) is 0 Å². The first kappa shape index (κ1) is 16.7. The highest BCUT2D eigenvalue weighted by atomic mass is 16.4. The molecule has 0 spiro atoms. The molecule has 1 N–H and O–H groups in total. The molecule has 1 aliphatic rings. The normalized spacial score (nSPS) is 21.2. The minimum atomic E-state index is -0.819. The van der Waals surface area contributed by atoms with Gasteiger partial charge in [0.05, 0.1) is 6.54 Å². The number of likely N-dealkylation sites (tertiary alicyclic amines) is 1. The number of hydrogen-bond acceptors (Lipinski definition) is 4. The molecule has 1 saturated heterocycles. The maximum atomic E-state index is 11.9. The molecular weight excluding hydrogens is 304 g/mol. The molecule has 1 amide bonds. The minimum Gasteiger partial charge on any atom is -0.455 e. The topological polar surface area (TPSA) is 56.9 Å². The van der Waals surface area contributed by atoms with Crippen LogP contribution in [0.5, 0.6) is 0 Å². The third-order valence-electron chi connectivity index (χ3n) is 4.63. The zero-order valence-electron chi connectivity index (χ0n) is 14.5. The standard InChI is InChI=1S/C19H24N2O3/c1-14-6-4-5-7-16(14)19(23)10-11-21(13-19)12-15-8-9-17(24-15)18(22)20(2)3/h4-9,23H,10-13H2,1-3H3/t19-/m0/s1. The molecular formula is C19H24N2O3. The Kier molecular flexibility index (Phi) is 4.47. The first-order chi connectivity index (χ1) is 11.4. The van der Waals surface area contributed by atoms with Crippen LogP contribution in [-0.2, 0) is 12.1 Å². The lowest BCUT2D eigenvalue weighted by atomic mass is 9.89. The summed E-state index contributed by atoms with van der Waals surface area (Å²) < 4.78 is 5.65. The van der Waals surface area contributed by atoms with Crippen molar-refractivity contribution in [3.63, 3.8) is 0 Å². The Morgan fingerprint density at radius 3 is 2.75 bits per heavy atom. The van der Waals surface area contributed by atoms with Crippen molar-refractivity contribution < 1.29 is 14.3 Å². The van der Waals surface area contributed by atoms with Crippen LogP contribution in [0.1, 0.15) is 33.9 Å². The minimum absolute atomic E-state index is 0.140. The fourth-order valence-corrected chi connectivity index (χ4v) is 3.34. The van der Waals surface area contributed by atoms with Crippen molar-refractivity contribution in [1.29, 1.82) is 0 Å². The van der Waals surface area contributed by atoms with E-state index in [0.717, 1.165) is 23.4 Å². The Hall–Kier alpha value is -2.11. The summed E-state index contributed by atoms with van der Waals surface area (Å²) in [6, 6.07) is 11.5. The molecule has 24 heavy (non-hydrogen) atoms. The monoisotopic (exact) mass is 328 g/mol. The number of rotatable bonds is 4. The second-order valence-corrected chi connectivity index (χ2v) is 6.77. The van der Waals surface area contributed by atoms with Crippen LogP contribution in [0.4, 0.5) is 0 Å². The summed E-state index contributed by atoms with van der Waals surface area (Å²) in [6.45, 7) is 3.98. The Morgan fingerprint density at radius 1 is 1.29 bits per heavy atom. The molecule has 0 bridgehead atoms. The SMILES string of the molecule is Cc1ccccc1[C@]1(O)CCN(Cc2ccc(C(=O)N(C)C)o2)C1. The molecule has 5 nitrogen and oxygen atoms in total. The summed E-state index contributed by atoms with van der Waals surface area (Å²) in [4.78, 5) is 15.6. The van der Waals surface area contributed by atoms with Gasteiger partial charge in [-0.3, -0.25) is 9.69 Å². The lowest BCUT2D eigenvalue weighted by molar-refractivity contribution is 0.0438. The highest BCUT2D eigenvalue weighted by molar-refractivity contribution is 5.91. The molecule has 0 aliphatic carbocycles. The molecule has 2 heterocycles. The van der Waals surface area contributed by atoms with Crippen LogP contribution in [0.15, 0.2) is 40.8 Å². The van der Waals surface area contributed by atoms with E-state index in [1.807, 2.05) is 37.3 Å². The Bertz CT molecular complexity index is 738. The smallest absolute Gasteiger partial charge is 0.289 e. The number of carbonyl (C=O) groups is 1. The number of aliphatic hydroxyl groups is 1. The number of benzene rings is 1. The van der Waals surface area contributed by atoms with E-state index in [2.05, 4.69) is 4.90 Å².